The summed E-state index contributed by atoms with van der Waals surface area (Å²) >= 11 is 0. The molecule has 1 unspecified atom stereocenters. The van der Waals surface area contributed by atoms with E-state index >= 15 is 0 Å². The van der Waals surface area contributed by atoms with Crippen LogP contribution in [0.4, 0.5) is 13.2 Å². The first-order chi connectivity index (χ1) is 10.8. The summed E-state index contributed by atoms with van der Waals surface area (Å²) in [6.07, 6.45) is -1.08. The second-order valence-corrected chi connectivity index (χ2v) is 6.30. The molecule has 0 aromatic heterocycles. The molecule has 1 aromatic carbocycles. The highest BCUT2D eigenvalue weighted by molar-refractivity contribution is 5.78. The summed E-state index contributed by atoms with van der Waals surface area (Å²) in [6, 6.07) is 5.37. The summed E-state index contributed by atoms with van der Waals surface area (Å²) in [6.45, 7) is 3.60. The first kappa shape index (κ1) is 17.8. The van der Waals surface area contributed by atoms with Gasteiger partial charge in [0.25, 0.3) is 0 Å². The molecule has 1 atom stereocenters. The van der Waals surface area contributed by atoms with E-state index in [2.05, 4.69) is 6.92 Å². The van der Waals surface area contributed by atoms with Crippen LogP contribution in [-0.4, -0.2) is 41.9 Å². The molecule has 1 heterocycles. The van der Waals surface area contributed by atoms with Crippen LogP contribution in [0.2, 0.25) is 0 Å². The van der Waals surface area contributed by atoms with Gasteiger partial charge in [0.15, 0.2) is 0 Å². The Morgan fingerprint density at radius 2 is 1.91 bits per heavy atom. The summed E-state index contributed by atoms with van der Waals surface area (Å²) in [4.78, 5) is 16.1. The van der Waals surface area contributed by atoms with Crippen LogP contribution in [0.15, 0.2) is 24.3 Å². The number of carbonyl (C=O) groups is 1. The number of amides is 1. The van der Waals surface area contributed by atoms with Crippen molar-refractivity contribution < 1.29 is 18.0 Å². The van der Waals surface area contributed by atoms with Crippen molar-refractivity contribution in [2.24, 2.45) is 0 Å². The minimum Gasteiger partial charge on any atom is -0.339 e. The average molecular weight is 328 g/mol. The van der Waals surface area contributed by atoms with Gasteiger partial charge in [0, 0.05) is 19.1 Å². The number of likely N-dealkylation sites (N-methyl/N-ethyl adjacent to an activating group) is 1. The number of hydrogen-bond acceptors (Lipinski definition) is 2. The lowest BCUT2D eigenvalue weighted by Crippen LogP contribution is -2.46. The van der Waals surface area contributed by atoms with E-state index in [-0.39, 0.29) is 18.5 Å². The monoisotopic (exact) mass is 328 g/mol. The summed E-state index contributed by atoms with van der Waals surface area (Å²) in [5, 5.41) is 0. The maximum absolute atomic E-state index is 12.5. The second-order valence-electron chi connectivity index (χ2n) is 6.30. The Hall–Kier alpha value is -1.56. The Bertz CT molecular complexity index is 528. The summed E-state index contributed by atoms with van der Waals surface area (Å²) in [5.74, 6) is 0.0895. The van der Waals surface area contributed by atoms with Gasteiger partial charge in [-0.05, 0) is 50.9 Å². The zero-order chi connectivity index (χ0) is 17.0. The molecule has 128 valence electrons. The quantitative estimate of drug-likeness (QED) is 0.844. The highest BCUT2D eigenvalue weighted by Crippen LogP contribution is 2.29. The normalized spacial score (nSPS) is 19.2. The fraction of sp³-hybridized carbons (Fsp3) is 0.588. The van der Waals surface area contributed by atoms with Crippen molar-refractivity contribution >= 4 is 5.91 Å². The highest BCUT2D eigenvalue weighted by Gasteiger charge is 2.30. The topological polar surface area (TPSA) is 23.6 Å². The SMILES string of the molecule is CC1CCCCN1C(=O)CN(C)Cc1ccc(C(F)(F)F)cc1. The van der Waals surface area contributed by atoms with Gasteiger partial charge in [-0.3, -0.25) is 9.69 Å². The van der Waals surface area contributed by atoms with Crippen molar-refractivity contribution in [1.82, 2.24) is 9.80 Å². The van der Waals surface area contributed by atoms with Crippen LogP contribution in [0.5, 0.6) is 0 Å². The lowest BCUT2D eigenvalue weighted by atomic mass is 10.0. The number of alkyl halides is 3. The molecule has 0 aliphatic carbocycles. The Kier molecular flexibility index (Phi) is 5.68. The van der Waals surface area contributed by atoms with Gasteiger partial charge in [0.1, 0.15) is 0 Å². The Labute approximate surface area is 135 Å². The number of benzene rings is 1. The molecule has 6 heteroatoms. The molecule has 0 saturated carbocycles. The average Bonchev–Trinajstić information content (AvgIpc) is 2.47. The number of hydrogen-bond donors (Lipinski definition) is 0. The van der Waals surface area contributed by atoms with Gasteiger partial charge in [0.05, 0.1) is 12.1 Å². The van der Waals surface area contributed by atoms with Gasteiger partial charge < -0.3 is 4.90 Å². The van der Waals surface area contributed by atoms with Crippen molar-refractivity contribution in [3.05, 3.63) is 35.4 Å². The molecular formula is C17H23F3N2O. The number of likely N-dealkylation sites (tertiary alicyclic amines) is 1. The number of nitrogens with zero attached hydrogens (tertiary/aromatic N) is 2. The molecule has 1 saturated heterocycles. The molecule has 2 rings (SSSR count). The van der Waals surface area contributed by atoms with Crippen LogP contribution in [-0.2, 0) is 17.5 Å². The lowest BCUT2D eigenvalue weighted by molar-refractivity contribution is -0.137. The van der Waals surface area contributed by atoms with E-state index in [4.69, 9.17) is 0 Å². The fourth-order valence-electron chi connectivity index (χ4n) is 2.96. The van der Waals surface area contributed by atoms with Crippen LogP contribution in [0.3, 0.4) is 0 Å². The Morgan fingerprint density at radius 1 is 1.26 bits per heavy atom. The van der Waals surface area contributed by atoms with Gasteiger partial charge >= 0.3 is 6.18 Å². The van der Waals surface area contributed by atoms with Crippen LogP contribution in [0, 0.1) is 0 Å². The molecule has 3 nitrogen and oxygen atoms in total. The Morgan fingerprint density at radius 3 is 2.48 bits per heavy atom. The van der Waals surface area contributed by atoms with E-state index in [1.165, 1.54) is 12.1 Å². The van der Waals surface area contributed by atoms with Crippen molar-refractivity contribution in [1.29, 1.82) is 0 Å². The summed E-state index contributed by atoms with van der Waals surface area (Å²) in [7, 11) is 1.81. The van der Waals surface area contributed by atoms with Crippen LogP contribution in [0.1, 0.15) is 37.3 Å². The number of piperidine rings is 1. The molecular weight excluding hydrogens is 305 g/mol. The molecule has 1 aliphatic heterocycles. The first-order valence-electron chi connectivity index (χ1n) is 7.91. The van der Waals surface area contributed by atoms with Crippen molar-refractivity contribution in [2.75, 3.05) is 20.1 Å². The molecule has 0 bridgehead atoms. The minimum absolute atomic E-state index is 0.0895. The van der Waals surface area contributed by atoms with E-state index in [0.717, 1.165) is 43.5 Å². The number of carbonyl (C=O) groups excluding carboxylic acids is 1. The molecule has 0 spiro atoms. The maximum Gasteiger partial charge on any atom is 0.416 e. The molecule has 1 aliphatic rings. The second kappa shape index (κ2) is 7.34. The molecule has 0 radical (unpaired) electrons. The third kappa shape index (κ3) is 4.96. The third-order valence-electron chi connectivity index (χ3n) is 4.26. The standard InChI is InChI=1S/C17H23F3N2O/c1-13-5-3-4-10-22(13)16(23)12-21(2)11-14-6-8-15(9-7-14)17(18,19)20/h6-9,13H,3-5,10-12H2,1-2H3. The van der Waals surface area contributed by atoms with E-state index in [1.54, 1.807) is 0 Å². The zero-order valence-corrected chi connectivity index (χ0v) is 13.6. The van der Waals surface area contributed by atoms with Gasteiger partial charge in [0.2, 0.25) is 5.91 Å². The molecule has 23 heavy (non-hydrogen) atoms. The van der Waals surface area contributed by atoms with Gasteiger partial charge in [-0.15, -0.1) is 0 Å². The van der Waals surface area contributed by atoms with Crippen molar-refractivity contribution in [3.8, 4) is 0 Å². The number of rotatable bonds is 4. The largest absolute Gasteiger partial charge is 0.416 e. The molecule has 1 aromatic rings. The van der Waals surface area contributed by atoms with E-state index in [9.17, 15) is 18.0 Å². The van der Waals surface area contributed by atoms with Crippen molar-refractivity contribution in [3.63, 3.8) is 0 Å². The minimum atomic E-state index is -4.31. The Balaban J connectivity index is 1.89. The summed E-state index contributed by atoms with van der Waals surface area (Å²) in [5.41, 5.74) is 0.113. The van der Waals surface area contributed by atoms with Gasteiger partial charge in [-0.2, -0.15) is 13.2 Å². The zero-order valence-electron chi connectivity index (χ0n) is 13.6. The first-order valence-corrected chi connectivity index (χ1v) is 7.91. The van der Waals surface area contributed by atoms with Crippen LogP contribution in [0.25, 0.3) is 0 Å². The van der Waals surface area contributed by atoms with Crippen LogP contribution >= 0.6 is 0 Å². The van der Waals surface area contributed by atoms with E-state index < -0.39 is 11.7 Å². The smallest absolute Gasteiger partial charge is 0.339 e. The summed E-state index contributed by atoms with van der Waals surface area (Å²) < 4.78 is 37.6. The van der Waals surface area contributed by atoms with Crippen LogP contribution < -0.4 is 0 Å². The highest BCUT2D eigenvalue weighted by atomic mass is 19.4. The van der Waals surface area contributed by atoms with Gasteiger partial charge in [-0.25, -0.2) is 0 Å². The molecule has 1 fully saturated rings. The maximum atomic E-state index is 12.5. The molecule has 1 amide bonds. The predicted molar refractivity (Wildman–Crippen MR) is 82.8 cm³/mol. The van der Waals surface area contributed by atoms with E-state index in [1.807, 2.05) is 16.8 Å². The van der Waals surface area contributed by atoms with Crippen molar-refractivity contribution in [2.45, 2.75) is 44.9 Å². The van der Waals surface area contributed by atoms with E-state index in [0.29, 0.717) is 6.54 Å². The predicted octanol–water partition coefficient (Wildman–Crippen LogP) is 3.54. The molecule has 0 N–H and O–H groups in total. The lowest BCUT2D eigenvalue weighted by Gasteiger charge is -2.34. The number of halogens is 3. The van der Waals surface area contributed by atoms with Gasteiger partial charge in [-0.1, -0.05) is 12.1 Å². The third-order valence-corrected chi connectivity index (χ3v) is 4.26. The fourth-order valence-corrected chi connectivity index (χ4v) is 2.96.